The Bertz CT molecular complexity index is 615. The highest BCUT2D eigenvalue weighted by Gasteiger charge is 2.43. The normalized spacial score (nSPS) is 24.9. The third-order valence-corrected chi connectivity index (χ3v) is 4.44. The molecule has 0 aromatic heterocycles. The van der Waals surface area contributed by atoms with Crippen molar-refractivity contribution < 1.29 is 9.53 Å². The van der Waals surface area contributed by atoms with Crippen molar-refractivity contribution in [3.63, 3.8) is 0 Å². The minimum Gasteiger partial charge on any atom is -0.497 e. The van der Waals surface area contributed by atoms with Gasteiger partial charge in [0, 0.05) is 36.7 Å². The Labute approximate surface area is 125 Å². The van der Waals surface area contributed by atoms with E-state index < -0.39 is 0 Å². The lowest BCUT2D eigenvalue weighted by Crippen LogP contribution is -2.45. The molecule has 21 heavy (non-hydrogen) atoms. The molecule has 0 amide bonds. The highest BCUT2D eigenvalue weighted by atomic mass is 16.5. The fraction of sp³-hybridized carbons (Fsp3) is 0.389. The lowest BCUT2D eigenvalue weighted by molar-refractivity contribution is -0.117. The van der Waals surface area contributed by atoms with Gasteiger partial charge in [0.05, 0.1) is 7.11 Å². The maximum Gasteiger partial charge on any atom is 0.159 e. The van der Waals surface area contributed by atoms with Gasteiger partial charge in [-0.15, -0.1) is 0 Å². The van der Waals surface area contributed by atoms with Gasteiger partial charge in [-0.25, -0.2) is 0 Å². The lowest BCUT2D eigenvalue weighted by Gasteiger charge is -2.40. The number of ether oxygens (including phenoxy) is 1. The molecule has 2 heterocycles. The van der Waals surface area contributed by atoms with E-state index in [9.17, 15) is 4.79 Å². The van der Waals surface area contributed by atoms with E-state index in [1.807, 2.05) is 18.2 Å². The van der Waals surface area contributed by atoms with Gasteiger partial charge in [0.15, 0.2) is 5.78 Å². The topological polar surface area (TPSA) is 29.5 Å². The fourth-order valence-corrected chi connectivity index (χ4v) is 3.50. The van der Waals surface area contributed by atoms with Gasteiger partial charge >= 0.3 is 0 Å². The lowest BCUT2D eigenvalue weighted by atomic mass is 9.87. The van der Waals surface area contributed by atoms with Crippen molar-refractivity contribution in [2.45, 2.75) is 31.7 Å². The van der Waals surface area contributed by atoms with Crippen LogP contribution in [0.2, 0.25) is 0 Å². The van der Waals surface area contributed by atoms with Crippen molar-refractivity contribution in [2.24, 2.45) is 0 Å². The van der Waals surface area contributed by atoms with Crippen LogP contribution in [0.5, 0.6) is 5.75 Å². The van der Waals surface area contributed by atoms with Gasteiger partial charge < -0.3 is 9.64 Å². The first-order valence-corrected chi connectivity index (χ1v) is 7.31. The van der Waals surface area contributed by atoms with Crippen LogP contribution in [-0.2, 0) is 11.2 Å². The number of rotatable bonds is 3. The van der Waals surface area contributed by atoms with Crippen LogP contribution in [0, 0.1) is 0 Å². The van der Waals surface area contributed by atoms with Gasteiger partial charge in [0.2, 0.25) is 0 Å². The van der Waals surface area contributed by atoms with Crippen LogP contribution < -0.4 is 4.74 Å². The molecule has 0 aliphatic carbocycles. The molecule has 1 aromatic rings. The van der Waals surface area contributed by atoms with Gasteiger partial charge in [-0.3, -0.25) is 4.79 Å². The van der Waals surface area contributed by atoms with E-state index >= 15 is 0 Å². The number of carbonyl (C=O) groups excluding carboxylic acids is 1. The summed E-state index contributed by atoms with van der Waals surface area (Å²) in [6.45, 7) is 7.15. The molecule has 1 aromatic carbocycles. The zero-order valence-electron chi connectivity index (χ0n) is 12.7. The number of hydrogen-bond donors (Lipinski definition) is 0. The quantitative estimate of drug-likeness (QED) is 0.798. The SMILES string of the molecule is C=C1CN2C(Cc3ccc(OC)cc3)=CC(=O)C[C@@]2(C)C1. The van der Waals surface area contributed by atoms with Gasteiger partial charge in [-0.05, 0) is 31.0 Å². The Hall–Kier alpha value is -2.03. The first-order chi connectivity index (χ1) is 10.00. The summed E-state index contributed by atoms with van der Waals surface area (Å²) in [6, 6.07) is 8.03. The summed E-state index contributed by atoms with van der Waals surface area (Å²) in [4.78, 5) is 14.4. The summed E-state index contributed by atoms with van der Waals surface area (Å²) >= 11 is 0. The number of methoxy groups -OCH3 is 1. The highest BCUT2D eigenvalue weighted by molar-refractivity contribution is 5.92. The van der Waals surface area contributed by atoms with Gasteiger partial charge in [-0.1, -0.05) is 24.3 Å². The average molecular weight is 283 g/mol. The number of ketones is 1. The minimum absolute atomic E-state index is 0.0787. The molecule has 3 heteroatoms. The molecule has 2 aliphatic rings. The first-order valence-electron chi connectivity index (χ1n) is 7.31. The number of fused-ring (bicyclic) bond motifs is 1. The number of allylic oxidation sites excluding steroid dienone is 2. The average Bonchev–Trinajstić information content (AvgIpc) is 2.73. The van der Waals surface area contributed by atoms with Gasteiger partial charge in [-0.2, -0.15) is 0 Å². The second kappa shape index (κ2) is 5.06. The molecule has 1 atom stereocenters. The summed E-state index contributed by atoms with van der Waals surface area (Å²) in [5, 5.41) is 0. The Kier molecular flexibility index (Phi) is 3.36. The van der Waals surface area contributed by atoms with Crippen LogP contribution in [0.1, 0.15) is 25.3 Å². The smallest absolute Gasteiger partial charge is 0.159 e. The van der Waals surface area contributed by atoms with E-state index in [4.69, 9.17) is 4.74 Å². The van der Waals surface area contributed by atoms with E-state index in [2.05, 4.69) is 30.5 Å². The Balaban J connectivity index is 1.86. The van der Waals surface area contributed by atoms with Crippen LogP contribution >= 0.6 is 0 Å². The summed E-state index contributed by atoms with van der Waals surface area (Å²) in [6.07, 6.45) is 4.10. The highest BCUT2D eigenvalue weighted by Crippen LogP contribution is 2.41. The van der Waals surface area contributed by atoms with Crippen LogP contribution in [0.25, 0.3) is 0 Å². The van der Waals surface area contributed by atoms with Gasteiger partial charge in [0.25, 0.3) is 0 Å². The van der Waals surface area contributed by atoms with E-state index in [-0.39, 0.29) is 11.3 Å². The Morgan fingerprint density at radius 3 is 2.67 bits per heavy atom. The van der Waals surface area contributed by atoms with Crippen LogP contribution in [0.4, 0.5) is 0 Å². The molecule has 3 nitrogen and oxygen atoms in total. The number of benzene rings is 1. The molecular weight excluding hydrogens is 262 g/mol. The number of carbonyl (C=O) groups is 1. The molecule has 110 valence electrons. The van der Waals surface area contributed by atoms with Crippen molar-refractivity contribution in [3.8, 4) is 5.75 Å². The molecule has 1 fully saturated rings. The van der Waals surface area contributed by atoms with Crippen LogP contribution in [-0.4, -0.2) is 29.9 Å². The van der Waals surface area contributed by atoms with Crippen molar-refractivity contribution in [3.05, 3.63) is 53.8 Å². The van der Waals surface area contributed by atoms with E-state index in [0.29, 0.717) is 6.42 Å². The molecule has 0 N–H and O–H groups in total. The Morgan fingerprint density at radius 2 is 2.00 bits per heavy atom. The minimum atomic E-state index is -0.0787. The van der Waals surface area contributed by atoms with Crippen molar-refractivity contribution in [1.29, 1.82) is 0 Å². The third-order valence-electron chi connectivity index (χ3n) is 4.44. The second-order valence-electron chi connectivity index (χ2n) is 6.31. The summed E-state index contributed by atoms with van der Waals surface area (Å²) < 4.78 is 5.18. The number of nitrogens with zero attached hydrogens (tertiary/aromatic N) is 1. The Morgan fingerprint density at radius 1 is 1.29 bits per heavy atom. The molecule has 2 aliphatic heterocycles. The largest absolute Gasteiger partial charge is 0.497 e. The van der Waals surface area contributed by atoms with E-state index in [0.717, 1.165) is 30.8 Å². The summed E-state index contributed by atoms with van der Waals surface area (Å²) in [7, 11) is 1.67. The van der Waals surface area contributed by atoms with Gasteiger partial charge in [0.1, 0.15) is 5.75 Å². The molecule has 0 bridgehead atoms. The summed E-state index contributed by atoms with van der Waals surface area (Å²) in [5.74, 6) is 1.08. The van der Waals surface area contributed by atoms with Crippen LogP contribution in [0.15, 0.2) is 48.2 Å². The summed E-state index contributed by atoms with van der Waals surface area (Å²) in [5.41, 5.74) is 3.44. The number of hydrogen-bond acceptors (Lipinski definition) is 3. The maximum absolute atomic E-state index is 12.1. The third kappa shape index (κ3) is 2.60. The second-order valence-corrected chi connectivity index (χ2v) is 6.31. The molecular formula is C18H21NO2. The van der Waals surface area contributed by atoms with Crippen molar-refractivity contribution >= 4 is 5.78 Å². The molecule has 0 saturated carbocycles. The monoisotopic (exact) mass is 283 g/mol. The molecule has 3 rings (SSSR count). The molecule has 0 spiro atoms. The maximum atomic E-state index is 12.1. The van der Waals surface area contributed by atoms with E-state index in [1.165, 1.54) is 11.1 Å². The predicted molar refractivity (Wildman–Crippen MR) is 83.3 cm³/mol. The van der Waals surface area contributed by atoms with Crippen molar-refractivity contribution in [1.82, 2.24) is 4.90 Å². The molecule has 1 saturated heterocycles. The van der Waals surface area contributed by atoms with E-state index in [1.54, 1.807) is 7.11 Å². The standard InChI is InChI=1S/C18H21NO2/c1-13-10-18(2)11-16(20)9-15(19(18)12-13)8-14-4-6-17(21-3)7-5-14/h4-7,9H,1,8,10-12H2,2-3H3/t18-/m1/s1. The zero-order chi connectivity index (χ0) is 15.0. The predicted octanol–water partition coefficient (Wildman–Crippen LogP) is 3.12. The molecule has 0 unspecified atom stereocenters. The van der Waals surface area contributed by atoms with Crippen molar-refractivity contribution in [2.75, 3.05) is 13.7 Å². The fourth-order valence-electron chi connectivity index (χ4n) is 3.50. The molecule has 0 radical (unpaired) electrons. The zero-order valence-corrected chi connectivity index (χ0v) is 12.7. The van der Waals surface area contributed by atoms with Crippen LogP contribution in [0.3, 0.4) is 0 Å². The first kappa shape index (κ1) is 13.9.